The van der Waals surface area contributed by atoms with E-state index in [4.69, 9.17) is 4.74 Å². The van der Waals surface area contributed by atoms with Gasteiger partial charge >= 0.3 is 11.8 Å². The number of nitrogens with zero attached hydrogens (tertiary/aromatic N) is 4. The monoisotopic (exact) mass is 306 g/mol. The molecular formula is C12H10N4O6. The zero-order chi connectivity index (χ0) is 16.4. The molecule has 2 rings (SSSR count). The molecule has 0 aliphatic heterocycles. The highest BCUT2D eigenvalue weighted by Crippen LogP contribution is 2.30. The SMILES string of the molecule is Cc1nn(C)c([N+](=O)[O-])c1OC(=O)c1ccc([N+](=O)[O-])cc1. The summed E-state index contributed by atoms with van der Waals surface area (Å²) in [5.74, 6) is -1.57. The van der Waals surface area contributed by atoms with E-state index in [0.29, 0.717) is 0 Å². The molecule has 0 saturated heterocycles. The zero-order valence-electron chi connectivity index (χ0n) is 11.5. The third-order valence-corrected chi connectivity index (χ3v) is 2.82. The van der Waals surface area contributed by atoms with Gasteiger partial charge in [0.25, 0.3) is 11.4 Å². The lowest BCUT2D eigenvalue weighted by atomic mass is 10.2. The van der Waals surface area contributed by atoms with Gasteiger partial charge in [0.05, 0.1) is 10.5 Å². The number of carbonyl (C=O) groups excluding carboxylic acids is 1. The minimum Gasteiger partial charge on any atom is -0.412 e. The Bertz CT molecular complexity index is 765. The first-order chi connectivity index (χ1) is 10.3. The molecule has 0 atom stereocenters. The summed E-state index contributed by atoms with van der Waals surface area (Å²) in [6.07, 6.45) is 0. The van der Waals surface area contributed by atoms with Gasteiger partial charge in [-0.3, -0.25) is 10.1 Å². The van der Waals surface area contributed by atoms with E-state index >= 15 is 0 Å². The number of hydrogen-bond donors (Lipinski definition) is 0. The van der Waals surface area contributed by atoms with Crippen molar-refractivity contribution in [2.45, 2.75) is 6.92 Å². The molecule has 0 aliphatic carbocycles. The van der Waals surface area contributed by atoms with Crippen LogP contribution in [0.5, 0.6) is 5.75 Å². The average Bonchev–Trinajstić information content (AvgIpc) is 2.73. The second-order valence-corrected chi connectivity index (χ2v) is 4.31. The molecule has 0 spiro atoms. The van der Waals surface area contributed by atoms with Crippen molar-refractivity contribution in [2.24, 2.45) is 7.05 Å². The zero-order valence-corrected chi connectivity index (χ0v) is 11.5. The number of nitro benzene ring substituents is 1. The summed E-state index contributed by atoms with van der Waals surface area (Å²) < 4.78 is 6.00. The molecule has 0 saturated carbocycles. The highest BCUT2D eigenvalue weighted by Gasteiger charge is 2.27. The molecule has 0 unspecified atom stereocenters. The molecule has 10 nitrogen and oxygen atoms in total. The van der Waals surface area contributed by atoms with Crippen LogP contribution in [-0.2, 0) is 7.05 Å². The Hall–Kier alpha value is -3.30. The Morgan fingerprint density at radius 1 is 1.18 bits per heavy atom. The Balaban J connectivity index is 2.29. The summed E-state index contributed by atoms with van der Waals surface area (Å²) in [6.45, 7) is 1.46. The van der Waals surface area contributed by atoms with Crippen LogP contribution in [0.15, 0.2) is 24.3 Å². The second kappa shape index (κ2) is 5.60. The van der Waals surface area contributed by atoms with Crippen LogP contribution in [0.2, 0.25) is 0 Å². The predicted molar refractivity (Wildman–Crippen MR) is 72.7 cm³/mol. The van der Waals surface area contributed by atoms with Gasteiger partial charge in [-0.15, -0.1) is 4.68 Å². The first kappa shape index (κ1) is 15.1. The summed E-state index contributed by atoms with van der Waals surface area (Å²) in [5, 5.41) is 25.3. The molecule has 0 radical (unpaired) electrons. The largest absolute Gasteiger partial charge is 0.412 e. The van der Waals surface area contributed by atoms with Gasteiger partial charge in [-0.2, -0.15) is 0 Å². The standard InChI is InChI=1S/C12H10N4O6/c1-7-10(11(16(20)21)14(2)13-7)22-12(17)8-3-5-9(6-4-8)15(18)19/h3-6H,1-2H3. The van der Waals surface area contributed by atoms with Crippen molar-refractivity contribution >= 4 is 17.5 Å². The van der Waals surface area contributed by atoms with E-state index in [-0.39, 0.29) is 22.7 Å². The van der Waals surface area contributed by atoms with Gasteiger partial charge in [0.1, 0.15) is 12.7 Å². The van der Waals surface area contributed by atoms with Crippen LogP contribution >= 0.6 is 0 Å². The number of ether oxygens (including phenoxy) is 1. The molecule has 1 aromatic carbocycles. The van der Waals surface area contributed by atoms with Crippen molar-refractivity contribution < 1.29 is 19.4 Å². The normalized spacial score (nSPS) is 10.3. The third-order valence-electron chi connectivity index (χ3n) is 2.82. The first-order valence-corrected chi connectivity index (χ1v) is 5.96. The maximum Gasteiger partial charge on any atom is 0.388 e. The van der Waals surface area contributed by atoms with Crippen molar-refractivity contribution in [3.8, 4) is 5.75 Å². The molecule has 1 aromatic heterocycles. The lowest BCUT2D eigenvalue weighted by Gasteiger charge is -2.03. The average molecular weight is 306 g/mol. The van der Waals surface area contributed by atoms with Gasteiger partial charge in [0.2, 0.25) is 0 Å². The van der Waals surface area contributed by atoms with E-state index in [1.807, 2.05) is 0 Å². The summed E-state index contributed by atoms with van der Waals surface area (Å²) in [6, 6.07) is 4.69. The maximum atomic E-state index is 12.0. The Labute approximate surface area is 123 Å². The number of rotatable bonds is 4. The van der Waals surface area contributed by atoms with E-state index in [9.17, 15) is 25.0 Å². The predicted octanol–water partition coefficient (Wildman–Crippen LogP) is 1.76. The number of carbonyl (C=O) groups is 1. The molecule has 0 bridgehead atoms. The molecule has 0 fully saturated rings. The summed E-state index contributed by atoms with van der Waals surface area (Å²) >= 11 is 0. The minimum atomic E-state index is -0.867. The molecule has 114 valence electrons. The lowest BCUT2D eigenvalue weighted by molar-refractivity contribution is -0.393. The Kier molecular flexibility index (Phi) is 3.84. The van der Waals surface area contributed by atoms with E-state index in [1.54, 1.807) is 0 Å². The number of benzene rings is 1. The maximum absolute atomic E-state index is 12.0. The molecule has 0 aliphatic rings. The van der Waals surface area contributed by atoms with Crippen molar-refractivity contribution in [1.82, 2.24) is 9.78 Å². The van der Waals surface area contributed by atoms with Gasteiger partial charge in [-0.05, 0) is 24.0 Å². The molecule has 10 heteroatoms. The van der Waals surface area contributed by atoms with E-state index < -0.39 is 21.6 Å². The van der Waals surface area contributed by atoms with E-state index in [0.717, 1.165) is 16.8 Å². The van der Waals surface area contributed by atoms with Crippen LogP contribution in [0.4, 0.5) is 11.5 Å². The van der Waals surface area contributed by atoms with Crippen LogP contribution in [0.25, 0.3) is 0 Å². The summed E-state index contributed by atoms with van der Waals surface area (Å²) in [7, 11) is 1.36. The van der Waals surface area contributed by atoms with Gasteiger partial charge in [0, 0.05) is 12.1 Å². The van der Waals surface area contributed by atoms with Gasteiger partial charge in [-0.25, -0.2) is 4.79 Å². The van der Waals surface area contributed by atoms with Gasteiger partial charge < -0.3 is 14.9 Å². The van der Waals surface area contributed by atoms with E-state index in [1.165, 1.54) is 26.1 Å². The van der Waals surface area contributed by atoms with Crippen molar-refractivity contribution in [3.63, 3.8) is 0 Å². The quantitative estimate of drug-likeness (QED) is 0.477. The molecule has 1 heterocycles. The Morgan fingerprint density at radius 2 is 1.77 bits per heavy atom. The highest BCUT2D eigenvalue weighted by atomic mass is 16.6. The van der Waals surface area contributed by atoms with Crippen LogP contribution < -0.4 is 4.74 Å². The molecule has 2 aromatic rings. The number of hydrogen-bond acceptors (Lipinski definition) is 7. The van der Waals surface area contributed by atoms with Gasteiger partial charge in [0.15, 0.2) is 0 Å². The fraction of sp³-hybridized carbons (Fsp3) is 0.167. The molecule has 22 heavy (non-hydrogen) atoms. The first-order valence-electron chi connectivity index (χ1n) is 5.96. The molecular weight excluding hydrogens is 296 g/mol. The lowest BCUT2D eigenvalue weighted by Crippen LogP contribution is -2.10. The highest BCUT2D eigenvalue weighted by molar-refractivity contribution is 5.91. The van der Waals surface area contributed by atoms with Crippen LogP contribution in [0.3, 0.4) is 0 Å². The van der Waals surface area contributed by atoms with Crippen molar-refractivity contribution in [2.75, 3.05) is 0 Å². The summed E-state index contributed by atoms with van der Waals surface area (Å²) in [4.78, 5) is 32.2. The number of aryl methyl sites for hydroxylation is 2. The Morgan fingerprint density at radius 3 is 2.27 bits per heavy atom. The van der Waals surface area contributed by atoms with Crippen LogP contribution in [0, 0.1) is 27.2 Å². The topological polar surface area (TPSA) is 130 Å². The number of nitro groups is 2. The third kappa shape index (κ3) is 2.75. The number of esters is 1. The molecule has 0 N–H and O–H groups in total. The second-order valence-electron chi connectivity index (χ2n) is 4.31. The van der Waals surface area contributed by atoms with Crippen LogP contribution in [0.1, 0.15) is 16.1 Å². The van der Waals surface area contributed by atoms with Crippen molar-refractivity contribution in [1.29, 1.82) is 0 Å². The minimum absolute atomic E-state index is 0.0307. The van der Waals surface area contributed by atoms with Gasteiger partial charge in [-0.1, -0.05) is 5.10 Å². The van der Waals surface area contributed by atoms with E-state index in [2.05, 4.69) is 5.10 Å². The molecule has 0 amide bonds. The van der Waals surface area contributed by atoms with Crippen LogP contribution in [-0.4, -0.2) is 25.6 Å². The fourth-order valence-corrected chi connectivity index (χ4v) is 1.82. The van der Waals surface area contributed by atoms with Crippen molar-refractivity contribution in [3.05, 3.63) is 55.8 Å². The number of non-ortho nitro benzene ring substituents is 1. The smallest absolute Gasteiger partial charge is 0.388 e. The number of aromatic nitrogens is 2. The fourth-order valence-electron chi connectivity index (χ4n) is 1.82. The summed E-state index contributed by atoms with van der Waals surface area (Å²) in [5.41, 5.74) is 0.0349.